The van der Waals surface area contributed by atoms with Crippen LogP contribution >= 0.6 is 0 Å². The molecule has 23 heavy (non-hydrogen) atoms. The smallest absolute Gasteiger partial charge is 0.242 e. The number of imidazole rings is 1. The van der Waals surface area contributed by atoms with Crippen molar-refractivity contribution in [3.05, 3.63) is 18.2 Å². The van der Waals surface area contributed by atoms with Gasteiger partial charge in [0.2, 0.25) is 5.91 Å². The second kappa shape index (κ2) is 6.63. The molecule has 0 aliphatic carbocycles. The largest absolute Gasteiger partial charge is 0.341 e. The third-order valence-electron chi connectivity index (χ3n) is 6.00. The highest BCUT2D eigenvalue weighted by atomic mass is 16.2. The van der Waals surface area contributed by atoms with Crippen LogP contribution in [0.5, 0.6) is 0 Å². The summed E-state index contributed by atoms with van der Waals surface area (Å²) in [6.07, 6.45) is 10.5. The maximum absolute atomic E-state index is 13.0. The molecule has 1 aromatic heterocycles. The minimum absolute atomic E-state index is 0.287. The third-order valence-corrected chi connectivity index (χ3v) is 6.00. The quantitative estimate of drug-likeness (QED) is 0.857. The Morgan fingerprint density at radius 1 is 1.26 bits per heavy atom. The Kier molecular flexibility index (Phi) is 4.76. The summed E-state index contributed by atoms with van der Waals surface area (Å²) in [7, 11) is 4.16. The van der Waals surface area contributed by atoms with Crippen LogP contribution in [0.15, 0.2) is 12.4 Å². The van der Waals surface area contributed by atoms with Gasteiger partial charge in [-0.15, -0.1) is 0 Å². The lowest BCUT2D eigenvalue weighted by Gasteiger charge is -2.45. The van der Waals surface area contributed by atoms with Crippen molar-refractivity contribution in [2.45, 2.75) is 51.0 Å². The van der Waals surface area contributed by atoms with Crippen molar-refractivity contribution in [3.63, 3.8) is 0 Å². The maximum Gasteiger partial charge on any atom is 0.242 e. The van der Waals surface area contributed by atoms with Gasteiger partial charge >= 0.3 is 0 Å². The van der Waals surface area contributed by atoms with Crippen molar-refractivity contribution in [2.24, 2.45) is 13.0 Å². The van der Waals surface area contributed by atoms with Gasteiger partial charge in [-0.3, -0.25) is 9.69 Å². The molecule has 2 aliphatic rings. The fourth-order valence-electron chi connectivity index (χ4n) is 4.06. The molecule has 5 nitrogen and oxygen atoms in total. The minimum atomic E-state index is -0.287. The molecule has 0 bridgehead atoms. The molecule has 128 valence electrons. The summed E-state index contributed by atoms with van der Waals surface area (Å²) < 4.78 is 2.11. The maximum atomic E-state index is 13.0. The zero-order valence-corrected chi connectivity index (χ0v) is 14.8. The molecule has 2 fully saturated rings. The van der Waals surface area contributed by atoms with Crippen LogP contribution in [0.4, 0.5) is 0 Å². The van der Waals surface area contributed by atoms with Gasteiger partial charge in [0.25, 0.3) is 0 Å². The number of rotatable bonds is 3. The lowest BCUT2D eigenvalue weighted by atomic mass is 9.86. The Morgan fingerprint density at radius 2 is 2.00 bits per heavy atom. The molecule has 5 heteroatoms. The molecule has 1 amide bonds. The first-order valence-electron chi connectivity index (χ1n) is 8.97. The topological polar surface area (TPSA) is 41.4 Å². The average molecular weight is 318 g/mol. The molecule has 1 atom stereocenters. The number of aromatic nitrogens is 2. The van der Waals surface area contributed by atoms with Gasteiger partial charge in [0.15, 0.2) is 0 Å². The number of carbonyl (C=O) groups is 1. The van der Waals surface area contributed by atoms with Crippen molar-refractivity contribution in [1.29, 1.82) is 0 Å². The van der Waals surface area contributed by atoms with E-state index in [1.807, 2.05) is 12.4 Å². The highest BCUT2D eigenvalue weighted by Crippen LogP contribution is 2.30. The number of likely N-dealkylation sites (tertiary alicyclic amines) is 2. The van der Waals surface area contributed by atoms with E-state index in [0.29, 0.717) is 11.8 Å². The van der Waals surface area contributed by atoms with Crippen LogP contribution in [0.1, 0.15) is 44.9 Å². The fourth-order valence-corrected chi connectivity index (χ4v) is 4.06. The van der Waals surface area contributed by atoms with Crippen LogP contribution in [0.3, 0.4) is 0 Å². The van der Waals surface area contributed by atoms with Gasteiger partial charge in [0.05, 0.1) is 5.54 Å². The molecule has 3 rings (SSSR count). The van der Waals surface area contributed by atoms with Crippen molar-refractivity contribution in [2.75, 3.05) is 26.7 Å². The van der Waals surface area contributed by atoms with E-state index in [1.165, 1.54) is 12.8 Å². The van der Waals surface area contributed by atoms with Gasteiger partial charge in [-0.25, -0.2) is 4.98 Å². The van der Waals surface area contributed by atoms with E-state index in [-0.39, 0.29) is 5.54 Å². The molecule has 1 unspecified atom stereocenters. The molecule has 2 saturated heterocycles. The van der Waals surface area contributed by atoms with Crippen LogP contribution in [0.2, 0.25) is 0 Å². The van der Waals surface area contributed by atoms with Gasteiger partial charge in [0, 0.05) is 39.0 Å². The lowest BCUT2D eigenvalue weighted by Crippen LogP contribution is -2.59. The Hall–Kier alpha value is -1.36. The van der Waals surface area contributed by atoms with Gasteiger partial charge in [0.1, 0.15) is 5.82 Å². The monoisotopic (exact) mass is 318 g/mol. The summed E-state index contributed by atoms with van der Waals surface area (Å²) in [5.74, 6) is 2.15. The Bertz CT molecular complexity index is 547. The van der Waals surface area contributed by atoms with Crippen LogP contribution in [0.25, 0.3) is 0 Å². The first-order valence-corrected chi connectivity index (χ1v) is 8.97. The Labute approximate surface area is 139 Å². The van der Waals surface area contributed by atoms with E-state index in [2.05, 4.69) is 40.4 Å². The van der Waals surface area contributed by atoms with Gasteiger partial charge in [-0.1, -0.05) is 0 Å². The highest BCUT2D eigenvalue weighted by molar-refractivity contribution is 5.86. The zero-order chi connectivity index (χ0) is 16.4. The second-order valence-corrected chi connectivity index (χ2v) is 7.55. The summed E-state index contributed by atoms with van der Waals surface area (Å²) in [4.78, 5) is 21.8. The molecule has 1 aromatic rings. The summed E-state index contributed by atoms with van der Waals surface area (Å²) >= 11 is 0. The van der Waals surface area contributed by atoms with E-state index in [9.17, 15) is 4.79 Å². The lowest BCUT2D eigenvalue weighted by molar-refractivity contribution is -0.146. The molecular formula is C18H30N4O. The van der Waals surface area contributed by atoms with E-state index < -0.39 is 0 Å². The number of carbonyl (C=O) groups excluding carboxylic acids is 1. The van der Waals surface area contributed by atoms with E-state index >= 15 is 0 Å². The number of amides is 1. The first kappa shape index (κ1) is 16.5. The van der Waals surface area contributed by atoms with E-state index in [4.69, 9.17) is 0 Å². The van der Waals surface area contributed by atoms with Crippen LogP contribution in [0, 0.1) is 5.92 Å². The molecule has 0 spiro atoms. The van der Waals surface area contributed by atoms with Crippen molar-refractivity contribution >= 4 is 5.91 Å². The van der Waals surface area contributed by atoms with Crippen LogP contribution < -0.4 is 0 Å². The van der Waals surface area contributed by atoms with E-state index in [1.54, 1.807) is 0 Å². The van der Waals surface area contributed by atoms with Gasteiger partial charge in [-0.05, 0) is 58.5 Å². The number of piperidine rings is 2. The van der Waals surface area contributed by atoms with Crippen molar-refractivity contribution < 1.29 is 4.79 Å². The first-order chi connectivity index (χ1) is 11.0. The minimum Gasteiger partial charge on any atom is -0.341 e. The summed E-state index contributed by atoms with van der Waals surface area (Å²) in [5, 5.41) is 0. The number of nitrogens with zero attached hydrogens (tertiary/aromatic N) is 4. The van der Waals surface area contributed by atoms with Crippen LogP contribution in [-0.2, 0) is 18.3 Å². The SMILES string of the molecule is CN1CCCCC1(C)C(=O)N1CCC(Cc2nccn2C)CC1. The summed E-state index contributed by atoms with van der Waals surface area (Å²) in [6.45, 7) is 4.97. The zero-order valence-electron chi connectivity index (χ0n) is 14.8. The highest BCUT2D eigenvalue weighted by Gasteiger charge is 2.42. The van der Waals surface area contributed by atoms with E-state index in [0.717, 1.165) is 51.1 Å². The number of hydrogen-bond donors (Lipinski definition) is 0. The summed E-state index contributed by atoms with van der Waals surface area (Å²) in [6, 6.07) is 0. The van der Waals surface area contributed by atoms with Crippen molar-refractivity contribution in [1.82, 2.24) is 19.4 Å². The van der Waals surface area contributed by atoms with Gasteiger partial charge < -0.3 is 9.47 Å². The molecule has 0 aromatic carbocycles. The number of likely N-dealkylation sites (N-methyl/N-ethyl adjacent to an activating group) is 1. The van der Waals surface area contributed by atoms with Gasteiger partial charge in [-0.2, -0.15) is 0 Å². The van der Waals surface area contributed by atoms with Crippen molar-refractivity contribution in [3.8, 4) is 0 Å². The molecule has 2 aliphatic heterocycles. The third kappa shape index (κ3) is 3.30. The predicted molar refractivity (Wildman–Crippen MR) is 91.1 cm³/mol. The number of hydrogen-bond acceptors (Lipinski definition) is 3. The Balaban J connectivity index is 1.56. The molecule has 0 saturated carbocycles. The fraction of sp³-hybridized carbons (Fsp3) is 0.778. The molecular weight excluding hydrogens is 288 g/mol. The molecule has 0 radical (unpaired) electrons. The Morgan fingerprint density at radius 3 is 2.61 bits per heavy atom. The molecule has 3 heterocycles. The average Bonchev–Trinajstić information content (AvgIpc) is 2.95. The predicted octanol–water partition coefficient (Wildman–Crippen LogP) is 2.08. The summed E-state index contributed by atoms with van der Waals surface area (Å²) in [5.41, 5.74) is -0.287. The second-order valence-electron chi connectivity index (χ2n) is 7.55. The normalized spacial score (nSPS) is 27.3. The number of aryl methyl sites for hydroxylation is 1. The standard InChI is InChI=1S/C18H30N4O/c1-18(8-4-5-10-21(18)3)17(23)22-11-6-15(7-12-22)14-16-19-9-13-20(16)2/h9,13,15H,4-8,10-12,14H2,1-3H3. The van der Waals surface area contributed by atoms with Crippen LogP contribution in [-0.4, -0.2) is 57.5 Å². The molecule has 0 N–H and O–H groups in total.